The Balaban J connectivity index is 0.784. The number of ether oxygens (including phenoxy) is 1. The van der Waals surface area contributed by atoms with Crippen LogP contribution in [0.3, 0.4) is 0 Å². The molecule has 0 saturated heterocycles. The molecule has 2 atom stereocenters. The molecule has 2 aliphatic heterocycles. The number of nitrogens with two attached hydrogens (primary N) is 1. The van der Waals surface area contributed by atoms with E-state index in [1.54, 1.807) is 30.3 Å². The highest BCUT2D eigenvalue weighted by atomic mass is 32.2. The summed E-state index contributed by atoms with van der Waals surface area (Å²) < 4.78 is 79.2. The molecule has 3 aliphatic rings. The molecule has 6 aromatic rings. The van der Waals surface area contributed by atoms with Gasteiger partial charge in [-0.3, -0.25) is 38.1 Å². The molecule has 536 valence electrons. The summed E-state index contributed by atoms with van der Waals surface area (Å²) in [6.45, 7) is 14.0. The number of aryl methyl sites for hydroxylation is 1. The van der Waals surface area contributed by atoms with Crippen LogP contribution in [-0.2, 0) is 56.8 Å². The van der Waals surface area contributed by atoms with E-state index >= 15 is 0 Å². The Labute approximate surface area is 587 Å². The van der Waals surface area contributed by atoms with Gasteiger partial charge >= 0.3 is 11.9 Å². The molecule has 10 N–H and O–H groups in total. The molecule has 0 fully saturated rings. The number of anilines is 3. The molecular formula is C74H89N10O15S2+. The van der Waals surface area contributed by atoms with Gasteiger partial charge in [0.15, 0.2) is 16.9 Å². The summed E-state index contributed by atoms with van der Waals surface area (Å²) in [4.78, 5) is 92.4. The van der Waals surface area contributed by atoms with Gasteiger partial charge in [0, 0.05) is 84.5 Å². The van der Waals surface area contributed by atoms with Gasteiger partial charge in [0.05, 0.1) is 39.6 Å². The van der Waals surface area contributed by atoms with Crippen molar-refractivity contribution in [2.24, 2.45) is 5.92 Å². The standard InChI is InChI=1S/C74H88N10O15S2/c1-7-8-13-39-83-60-34-31-55(100(93,94)95)42-57(60)73(3,4)62(83)36-24-47-17-15-18-48(66(47)99-54-29-20-46(2)21-30-54)25-37-63-74(5,6)58-43-56(101(96,97)98)32-35-61(58)84(63)40-14-9-10-19-64(86)76-38-12-11-16-50(70(89)90)41-53(85)28-33-59(71(91)92)80-68(87)49-22-26-51(27-23-49)77-44-52-45-78-67-65(79-52)69(88)82-72(75)81-67/h20-27,29-32,34-37,42-43,45,50,59H,7-19,28,33,38-41,44H2,1-6H3,(H9-,75,76,77,78,80,81,82,86,87,88,89,90,91,92,93,94,95,96,97,98)/p+1/t50-,59+/m1/s1. The van der Waals surface area contributed by atoms with E-state index in [0.717, 1.165) is 70.7 Å². The average Bonchev–Trinajstić information content (AvgIpc) is 1.59. The first kappa shape index (κ1) is 75.5. The zero-order chi connectivity index (χ0) is 73.0. The van der Waals surface area contributed by atoms with E-state index in [9.17, 15) is 64.9 Å². The number of nitrogens with zero attached hydrogens (tertiary/aromatic N) is 5. The van der Waals surface area contributed by atoms with Crippen molar-refractivity contribution in [3.63, 3.8) is 0 Å². The maximum absolute atomic E-state index is 13.1. The molecule has 101 heavy (non-hydrogen) atoms. The smallest absolute Gasteiger partial charge is 0.326 e. The predicted octanol–water partition coefficient (Wildman–Crippen LogP) is 11.1. The van der Waals surface area contributed by atoms with E-state index in [1.165, 1.54) is 36.5 Å². The molecule has 1 aliphatic carbocycles. The maximum Gasteiger partial charge on any atom is 0.326 e. The fourth-order valence-corrected chi connectivity index (χ4v) is 14.1. The largest absolute Gasteiger partial charge is 0.481 e. The van der Waals surface area contributed by atoms with Crippen LogP contribution in [0.25, 0.3) is 11.2 Å². The number of aliphatic carboxylic acids is 2. The molecule has 4 aromatic carbocycles. The highest BCUT2D eigenvalue weighted by Gasteiger charge is 2.45. The second kappa shape index (κ2) is 32.7. The Hall–Kier alpha value is -9.70. The normalized spacial score (nSPS) is 16.4. The topological polar surface area (TPSA) is 384 Å². The summed E-state index contributed by atoms with van der Waals surface area (Å²) in [5.74, 6) is -3.69. The van der Waals surface area contributed by atoms with E-state index < -0.39 is 72.2 Å². The molecule has 0 spiro atoms. The summed E-state index contributed by atoms with van der Waals surface area (Å²) in [6.07, 6.45) is 17.1. The van der Waals surface area contributed by atoms with Crippen LogP contribution in [0.15, 0.2) is 153 Å². The molecule has 0 saturated carbocycles. The minimum absolute atomic E-state index is 0.0161. The van der Waals surface area contributed by atoms with Crippen molar-refractivity contribution in [3.05, 3.63) is 176 Å². The molecule has 0 radical (unpaired) electrons. The zero-order valence-corrected chi connectivity index (χ0v) is 59.3. The van der Waals surface area contributed by atoms with E-state index in [4.69, 9.17) is 10.5 Å². The number of carbonyl (C=O) groups is 5. The summed E-state index contributed by atoms with van der Waals surface area (Å²) in [5, 5.41) is 28.4. The van der Waals surface area contributed by atoms with Gasteiger partial charge < -0.3 is 41.5 Å². The van der Waals surface area contributed by atoms with E-state index in [1.807, 2.05) is 45.0 Å². The van der Waals surface area contributed by atoms with Gasteiger partial charge in [0.25, 0.3) is 31.7 Å². The van der Waals surface area contributed by atoms with Crippen molar-refractivity contribution < 1.29 is 69.4 Å². The SMILES string of the molecule is CCCCC[N+]1=C(C=CC2=C(Oc3ccc(C)cc3)C(=CC=C3N(CCCCCC(=O)NCCCC[C@H](CC(=O)CC[C@H](NC(=O)c4ccc(NCc5cnc6nc(N)[nH]c(=O)c6n5)cc4)C(=O)O)C(=O)O)c4ccc(S(=O)(=O)O)cc4C3(C)C)CCC2)C(C)(C)c2cc(S(=O)(=O)O)ccc21. The Kier molecular flexibility index (Phi) is 24.5. The number of aromatic nitrogens is 4. The number of allylic oxidation sites excluding steroid dienone is 7. The van der Waals surface area contributed by atoms with Gasteiger partial charge in [0.2, 0.25) is 17.5 Å². The average molecular weight is 1420 g/mol. The maximum atomic E-state index is 13.1. The number of unbranched alkanes of at least 4 members (excludes halogenated alkanes) is 5. The number of Topliss-reactive ketones (excluding diaryl/α,β-unsaturated/α-hetero) is 1. The first-order chi connectivity index (χ1) is 47.9. The minimum atomic E-state index is -4.54. The third-order valence-corrected chi connectivity index (χ3v) is 20.4. The lowest BCUT2D eigenvalue weighted by Gasteiger charge is -2.27. The third-order valence-electron chi connectivity index (χ3n) is 18.7. The number of amides is 2. The minimum Gasteiger partial charge on any atom is -0.481 e. The molecule has 0 bridgehead atoms. The Bertz CT molecular complexity index is 4600. The fraction of sp³-hybridized carbons (Fsp3) is 0.405. The number of rotatable bonds is 34. The number of hydrogen-bond acceptors (Lipinski definition) is 17. The number of carboxylic acids is 2. The van der Waals surface area contributed by atoms with Crippen molar-refractivity contribution in [2.45, 2.75) is 177 Å². The van der Waals surface area contributed by atoms with Crippen LogP contribution in [0.1, 0.15) is 170 Å². The number of benzene rings is 4. The number of carbonyl (C=O) groups excluding carboxylic acids is 3. The molecule has 27 heteroatoms. The van der Waals surface area contributed by atoms with E-state index in [0.29, 0.717) is 86.5 Å². The lowest BCUT2D eigenvalue weighted by Crippen LogP contribution is -2.41. The molecule has 25 nitrogen and oxygen atoms in total. The molecule has 0 unspecified atom stereocenters. The molecule has 2 aromatic heterocycles. The quantitative estimate of drug-likeness (QED) is 0.0103. The first-order valence-corrected chi connectivity index (χ1v) is 36.9. The number of carboxylic acid groups (broad SMARTS) is 2. The second-order valence-corrected chi connectivity index (χ2v) is 29.7. The highest BCUT2D eigenvalue weighted by Crippen LogP contribution is 2.49. The van der Waals surface area contributed by atoms with Crippen molar-refractivity contribution in [2.75, 3.05) is 35.6 Å². The second-order valence-electron chi connectivity index (χ2n) is 26.9. The van der Waals surface area contributed by atoms with Gasteiger partial charge in [-0.2, -0.15) is 26.4 Å². The molecular weight excluding hydrogens is 1330 g/mol. The van der Waals surface area contributed by atoms with Gasteiger partial charge in [0.1, 0.15) is 29.9 Å². The predicted molar refractivity (Wildman–Crippen MR) is 384 cm³/mol. The van der Waals surface area contributed by atoms with Crippen molar-refractivity contribution in [3.8, 4) is 5.75 Å². The number of H-pyrrole nitrogens is 1. The van der Waals surface area contributed by atoms with Crippen molar-refractivity contribution >= 4 is 89.7 Å². The summed E-state index contributed by atoms with van der Waals surface area (Å²) in [6, 6.07) is 21.9. The molecule has 4 heterocycles. The first-order valence-electron chi connectivity index (χ1n) is 34.1. The van der Waals surface area contributed by atoms with Crippen LogP contribution >= 0.6 is 0 Å². The Morgan fingerprint density at radius 1 is 0.782 bits per heavy atom. The third kappa shape index (κ3) is 19.0. The van der Waals surface area contributed by atoms with Crippen LogP contribution in [0.2, 0.25) is 0 Å². The van der Waals surface area contributed by atoms with Gasteiger partial charge in [-0.25, -0.2) is 14.8 Å². The van der Waals surface area contributed by atoms with E-state index in [2.05, 4.69) is 90.4 Å². The van der Waals surface area contributed by atoms with Crippen LogP contribution in [-0.4, -0.2) is 122 Å². The number of nitrogen functional groups attached to an aromatic ring is 1. The van der Waals surface area contributed by atoms with Gasteiger partial charge in [-0.1, -0.05) is 63.8 Å². The highest BCUT2D eigenvalue weighted by molar-refractivity contribution is 7.86. The lowest BCUT2D eigenvalue weighted by molar-refractivity contribution is -0.438. The Morgan fingerprint density at radius 2 is 1.50 bits per heavy atom. The Morgan fingerprint density at radius 3 is 2.19 bits per heavy atom. The van der Waals surface area contributed by atoms with Gasteiger partial charge in [-0.05, 0) is 174 Å². The van der Waals surface area contributed by atoms with Gasteiger partial charge in [-0.15, -0.1) is 0 Å². The number of hydrogen-bond donors (Lipinski definition) is 9. The summed E-state index contributed by atoms with van der Waals surface area (Å²) in [5.41, 5.74) is 12.9. The van der Waals surface area contributed by atoms with Crippen molar-refractivity contribution in [1.82, 2.24) is 30.6 Å². The lowest BCUT2D eigenvalue weighted by atomic mass is 9.81. The van der Waals surface area contributed by atoms with Crippen molar-refractivity contribution in [1.29, 1.82) is 0 Å². The molecule has 9 rings (SSSR count). The summed E-state index contributed by atoms with van der Waals surface area (Å²) >= 11 is 0. The summed E-state index contributed by atoms with van der Waals surface area (Å²) in [7, 11) is -9.00. The zero-order valence-electron chi connectivity index (χ0n) is 57.7. The molecule has 2 amide bonds. The van der Waals surface area contributed by atoms with Crippen LogP contribution in [0.4, 0.5) is 23.0 Å². The number of aromatic amines is 1. The monoisotopic (exact) mass is 1420 g/mol. The number of nitrogens with one attached hydrogen (secondary N) is 4. The fourth-order valence-electron chi connectivity index (χ4n) is 13.1. The number of ketones is 1. The van der Waals surface area contributed by atoms with Crippen LogP contribution < -0.4 is 36.9 Å². The van der Waals surface area contributed by atoms with Crippen LogP contribution in [0.5, 0.6) is 5.75 Å². The van der Waals surface area contributed by atoms with E-state index in [-0.39, 0.29) is 83.6 Å². The van der Waals surface area contributed by atoms with Crippen LogP contribution in [0, 0.1) is 12.8 Å². The number of fused-ring (bicyclic) bond motifs is 3.